The van der Waals surface area contributed by atoms with Crippen molar-refractivity contribution in [2.24, 2.45) is 0 Å². The third kappa shape index (κ3) is 3.19. The minimum Gasteiger partial charge on any atom is -0.321 e. The molecular formula is C19H16ClN5O. The summed E-state index contributed by atoms with van der Waals surface area (Å²) >= 11 is 6.16. The van der Waals surface area contributed by atoms with Crippen molar-refractivity contribution in [3.05, 3.63) is 71.6 Å². The van der Waals surface area contributed by atoms with Gasteiger partial charge >= 0.3 is 0 Å². The van der Waals surface area contributed by atoms with E-state index in [1.807, 2.05) is 49.4 Å². The molecule has 130 valence electrons. The van der Waals surface area contributed by atoms with Gasteiger partial charge in [-0.1, -0.05) is 29.8 Å². The first-order chi connectivity index (χ1) is 12.6. The van der Waals surface area contributed by atoms with Crippen LogP contribution in [0.2, 0.25) is 5.02 Å². The van der Waals surface area contributed by atoms with Gasteiger partial charge < -0.3 is 9.88 Å². The average Bonchev–Trinajstić information content (AvgIpc) is 3.25. The normalized spacial score (nSPS) is 11.0. The van der Waals surface area contributed by atoms with Crippen LogP contribution in [-0.2, 0) is 11.3 Å². The highest BCUT2D eigenvalue weighted by molar-refractivity contribution is 6.31. The average molecular weight is 366 g/mol. The molecule has 0 atom stereocenters. The lowest BCUT2D eigenvalue weighted by molar-refractivity contribution is -0.116. The number of amides is 1. The number of nitrogens with one attached hydrogen (secondary N) is 1. The zero-order chi connectivity index (χ0) is 18.1. The van der Waals surface area contributed by atoms with Gasteiger partial charge in [-0.05, 0) is 36.8 Å². The first kappa shape index (κ1) is 16.4. The molecule has 0 aliphatic heterocycles. The Morgan fingerprint density at radius 1 is 1.19 bits per heavy atom. The lowest BCUT2D eigenvalue weighted by Crippen LogP contribution is -2.18. The predicted molar refractivity (Wildman–Crippen MR) is 102 cm³/mol. The number of anilines is 1. The molecule has 4 rings (SSSR count). The zero-order valence-electron chi connectivity index (χ0n) is 14.1. The molecule has 2 aromatic carbocycles. The monoisotopic (exact) mass is 365 g/mol. The highest BCUT2D eigenvalue weighted by Crippen LogP contribution is 2.20. The van der Waals surface area contributed by atoms with Crippen molar-refractivity contribution in [2.75, 3.05) is 5.32 Å². The Hall–Kier alpha value is -3.12. The lowest BCUT2D eigenvalue weighted by Gasteiger charge is -2.05. The van der Waals surface area contributed by atoms with Crippen molar-refractivity contribution in [3.8, 4) is 5.69 Å². The molecule has 0 saturated heterocycles. The fraction of sp³-hybridized carbons (Fsp3) is 0.105. The van der Waals surface area contributed by atoms with Crippen molar-refractivity contribution in [3.63, 3.8) is 0 Å². The summed E-state index contributed by atoms with van der Waals surface area (Å²) in [6, 6.07) is 15.1. The number of benzene rings is 2. The molecule has 1 amide bonds. The summed E-state index contributed by atoms with van der Waals surface area (Å²) in [6.45, 7) is 2.12. The molecule has 7 heteroatoms. The van der Waals surface area contributed by atoms with E-state index in [1.165, 1.54) is 0 Å². The molecule has 0 fully saturated rings. The molecule has 6 nitrogen and oxygen atoms in total. The predicted octanol–water partition coefficient (Wildman–Crippen LogP) is 3.82. The topological polar surface area (TPSA) is 64.7 Å². The number of aryl methyl sites for hydroxylation is 1. The number of rotatable bonds is 4. The third-order valence-electron chi connectivity index (χ3n) is 4.12. The minimum atomic E-state index is -0.166. The number of nitrogens with zero attached hydrogens (tertiary/aromatic N) is 4. The van der Waals surface area contributed by atoms with Gasteiger partial charge in [0.1, 0.15) is 6.54 Å². The van der Waals surface area contributed by atoms with Crippen LogP contribution in [0.5, 0.6) is 0 Å². The second-order valence-electron chi connectivity index (χ2n) is 5.99. The molecule has 0 radical (unpaired) electrons. The third-order valence-corrected chi connectivity index (χ3v) is 4.53. The summed E-state index contributed by atoms with van der Waals surface area (Å²) in [5.74, 6) is 0.316. The Morgan fingerprint density at radius 2 is 2.04 bits per heavy atom. The van der Waals surface area contributed by atoms with E-state index >= 15 is 0 Å². The highest BCUT2D eigenvalue weighted by Gasteiger charge is 2.09. The first-order valence-corrected chi connectivity index (χ1v) is 8.50. The van der Waals surface area contributed by atoms with Gasteiger partial charge in [0.05, 0.1) is 23.0 Å². The summed E-state index contributed by atoms with van der Waals surface area (Å²) < 4.78 is 3.48. The Morgan fingerprint density at radius 3 is 2.88 bits per heavy atom. The Bertz CT molecular complexity index is 1100. The van der Waals surface area contributed by atoms with E-state index in [0.717, 1.165) is 22.3 Å². The quantitative estimate of drug-likeness (QED) is 0.598. The van der Waals surface area contributed by atoms with Crippen LogP contribution in [0.25, 0.3) is 16.7 Å². The van der Waals surface area contributed by atoms with Crippen LogP contribution in [-0.4, -0.2) is 25.2 Å². The van der Waals surface area contributed by atoms with Gasteiger partial charge in [0.2, 0.25) is 5.91 Å². The molecule has 26 heavy (non-hydrogen) atoms. The van der Waals surface area contributed by atoms with Crippen LogP contribution in [0.1, 0.15) is 5.56 Å². The van der Waals surface area contributed by atoms with Crippen LogP contribution in [0.15, 0.2) is 61.1 Å². The van der Waals surface area contributed by atoms with E-state index in [-0.39, 0.29) is 12.5 Å². The van der Waals surface area contributed by atoms with Crippen molar-refractivity contribution in [1.82, 2.24) is 19.3 Å². The molecule has 2 aromatic heterocycles. The molecule has 1 N–H and O–H groups in total. The number of aromatic nitrogens is 4. The smallest absolute Gasteiger partial charge is 0.245 e. The first-order valence-electron chi connectivity index (χ1n) is 8.12. The van der Waals surface area contributed by atoms with Crippen molar-refractivity contribution in [1.29, 1.82) is 0 Å². The molecule has 2 heterocycles. The van der Waals surface area contributed by atoms with Gasteiger partial charge in [-0.2, -0.15) is 5.10 Å². The zero-order valence-corrected chi connectivity index (χ0v) is 14.8. The second kappa shape index (κ2) is 6.65. The van der Waals surface area contributed by atoms with Crippen molar-refractivity contribution in [2.45, 2.75) is 13.5 Å². The fourth-order valence-corrected chi connectivity index (χ4v) is 2.91. The van der Waals surface area contributed by atoms with Crippen LogP contribution >= 0.6 is 11.6 Å². The van der Waals surface area contributed by atoms with Gasteiger partial charge in [-0.15, -0.1) is 0 Å². The largest absolute Gasteiger partial charge is 0.321 e. The van der Waals surface area contributed by atoms with E-state index in [4.69, 9.17) is 11.6 Å². The number of halogens is 1. The van der Waals surface area contributed by atoms with Crippen molar-refractivity contribution < 1.29 is 4.79 Å². The Balaban J connectivity index is 1.48. The molecular weight excluding hydrogens is 350 g/mol. The van der Waals surface area contributed by atoms with E-state index in [1.54, 1.807) is 27.8 Å². The molecule has 0 unspecified atom stereocenters. The molecule has 0 bridgehead atoms. The minimum absolute atomic E-state index is 0.166. The molecule has 4 aromatic rings. The number of fused-ring (bicyclic) bond motifs is 1. The summed E-state index contributed by atoms with van der Waals surface area (Å²) in [5.41, 5.74) is 3.62. The molecule has 0 aliphatic carbocycles. The van der Waals surface area contributed by atoms with Gasteiger partial charge in [0.15, 0.2) is 5.82 Å². The highest BCUT2D eigenvalue weighted by atomic mass is 35.5. The number of hydrogen-bond acceptors (Lipinski definition) is 3. The summed E-state index contributed by atoms with van der Waals surface area (Å²) in [5, 5.41) is 7.87. The van der Waals surface area contributed by atoms with Crippen LogP contribution in [0.4, 0.5) is 5.82 Å². The van der Waals surface area contributed by atoms with E-state index in [9.17, 15) is 4.79 Å². The van der Waals surface area contributed by atoms with Crippen molar-refractivity contribution >= 4 is 34.4 Å². The van der Waals surface area contributed by atoms with E-state index in [2.05, 4.69) is 15.4 Å². The van der Waals surface area contributed by atoms with Crippen LogP contribution < -0.4 is 5.32 Å². The number of carbonyl (C=O) groups excluding carboxylic acids is 1. The fourth-order valence-electron chi connectivity index (χ4n) is 2.73. The van der Waals surface area contributed by atoms with Gasteiger partial charge in [0, 0.05) is 17.3 Å². The van der Waals surface area contributed by atoms with Gasteiger partial charge in [-0.25, -0.2) is 9.67 Å². The van der Waals surface area contributed by atoms with Gasteiger partial charge in [-0.3, -0.25) is 4.79 Å². The lowest BCUT2D eigenvalue weighted by atomic mass is 10.2. The number of imidazole rings is 1. The maximum Gasteiger partial charge on any atom is 0.245 e. The number of para-hydroxylation sites is 2. The Kier molecular flexibility index (Phi) is 4.18. The Labute approximate surface area is 155 Å². The standard InChI is InChI=1S/C19H16ClN5O/c1-13-6-7-14(10-15(13)20)25-9-8-18(23-25)22-19(26)11-24-12-21-16-4-2-3-5-17(16)24/h2-10,12H,11H2,1H3,(H,22,23,26). The van der Waals surface area contributed by atoms with E-state index in [0.29, 0.717) is 10.8 Å². The molecule has 0 saturated carbocycles. The van der Waals surface area contributed by atoms with Gasteiger partial charge in [0.25, 0.3) is 0 Å². The second-order valence-corrected chi connectivity index (χ2v) is 6.40. The molecule has 0 aliphatic rings. The number of carbonyl (C=O) groups is 1. The van der Waals surface area contributed by atoms with Crippen LogP contribution in [0.3, 0.4) is 0 Å². The molecule has 0 spiro atoms. The maximum absolute atomic E-state index is 12.3. The van der Waals surface area contributed by atoms with E-state index < -0.39 is 0 Å². The van der Waals surface area contributed by atoms with Crippen LogP contribution in [0, 0.1) is 6.92 Å². The number of hydrogen-bond donors (Lipinski definition) is 1. The maximum atomic E-state index is 12.3. The summed E-state index contributed by atoms with van der Waals surface area (Å²) in [6.07, 6.45) is 3.44. The SMILES string of the molecule is Cc1ccc(-n2ccc(NC(=O)Cn3cnc4ccccc43)n2)cc1Cl. The summed E-state index contributed by atoms with van der Waals surface area (Å²) in [4.78, 5) is 16.6. The summed E-state index contributed by atoms with van der Waals surface area (Å²) in [7, 11) is 0.